The first-order chi connectivity index (χ1) is 14.5. The minimum atomic E-state index is -0.834. The van der Waals surface area contributed by atoms with E-state index in [9.17, 15) is 14.0 Å². The molecule has 2 aliphatic heterocycles. The lowest BCUT2D eigenvalue weighted by Crippen LogP contribution is -2.36. The first kappa shape index (κ1) is 19.0. The van der Waals surface area contributed by atoms with Gasteiger partial charge in [-0.1, -0.05) is 24.3 Å². The number of fused-ring (bicyclic) bond motifs is 2. The van der Waals surface area contributed by atoms with Gasteiger partial charge in [-0.15, -0.1) is 0 Å². The summed E-state index contributed by atoms with van der Waals surface area (Å²) in [4.78, 5) is 28.5. The number of rotatable bonds is 3. The van der Waals surface area contributed by atoms with Gasteiger partial charge in [0.2, 0.25) is 5.76 Å². The number of halogens is 1. The van der Waals surface area contributed by atoms with Crippen molar-refractivity contribution in [2.75, 3.05) is 13.2 Å². The first-order valence-corrected chi connectivity index (χ1v) is 10.2. The third-order valence-electron chi connectivity index (χ3n) is 6.04. The Hall–Kier alpha value is -2.99. The normalized spacial score (nSPS) is 20.9. The van der Waals surface area contributed by atoms with E-state index in [1.54, 1.807) is 24.3 Å². The van der Waals surface area contributed by atoms with E-state index in [2.05, 4.69) is 0 Å². The van der Waals surface area contributed by atoms with Gasteiger partial charge in [0.25, 0.3) is 5.91 Å². The predicted molar refractivity (Wildman–Crippen MR) is 110 cm³/mol. The highest BCUT2D eigenvalue weighted by Gasteiger charge is 2.44. The van der Waals surface area contributed by atoms with E-state index >= 15 is 0 Å². The number of hydrogen-bond donors (Lipinski definition) is 0. The van der Waals surface area contributed by atoms with Gasteiger partial charge in [0.05, 0.1) is 23.1 Å². The van der Waals surface area contributed by atoms with Crippen LogP contribution in [0.15, 0.2) is 45.6 Å². The van der Waals surface area contributed by atoms with Crippen LogP contribution in [0.5, 0.6) is 0 Å². The number of benzene rings is 2. The molecule has 1 aromatic heterocycles. The Morgan fingerprint density at radius 3 is 2.70 bits per heavy atom. The number of amides is 1. The largest absolute Gasteiger partial charge is 0.450 e. The van der Waals surface area contributed by atoms with E-state index in [1.807, 2.05) is 19.9 Å². The van der Waals surface area contributed by atoms with Crippen molar-refractivity contribution >= 4 is 16.9 Å². The Morgan fingerprint density at radius 2 is 1.97 bits per heavy atom. The molecule has 0 spiro atoms. The molecular formula is C24H22FNO4. The Morgan fingerprint density at radius 1 is 1.17 bits per heavy atom. The summed E-state index contributed by atoms with van der Waals surface area (Å²) in [5, 5.41) is 0.437. The topological polar surface area (TPSA) is 59.8 Å². The number of carbonyl (C=O) groups is 1. The molecule has 5 rings (SSSR count). The number of hydrogen-bond acceptors (Lipinski definition) is 4. The molecule has 2 aromatic carbocycles. The van der Waals surface area contributed by atoms with Crippen LogP contribution < -0.4 is 5.43 Å². The van der Waals surface area contributed by atoms with E-state index in [1.165, 1.54) is 11.0 Å². The number of nitrogens with zero attached hydrogens (tertiary/aromatic N) is 1. The summed E-state index contributed by atoms with van der Waals surface area (Å²) in [7, 11) is 0. The monoisotopic (exact) mass is 407 g/mol. The zero-order chi connectivity index (χ0) is 21.0. The number of carbonyl (C=O) groups excluding carboxylic acids is 1. The average molecular weight is 407 g/mol. The van der Waals surface area contributed by atoms with Gasteiger partial charge < -0.3 is 14.1 Å². The fourth-order valence-corrected chi connectivity index (χ4v) is 4.73. The maximum atomic E-state index is 14.8. The average Bonchev–Trinajstić information content (AvgIpc) is 3.30. The highest BCUT2D eigenvalue weighted by Crippen LogP contribution is 2.40. The van der Waals surface area contributed by atoms with E-state index < -0.39 is 17.8 Å². The molecule has 5 nitrogen and oxygen atoms in total. The minimum Gasteiger partial charge on any atom is -0.450 e. The molecule has 0 bridgehead atoms. The summed E-state index contributed by atoms with van der Waals surface area (Å²) >= 11 is 0. The van der Waals surface area contributed by atoms with Crippen LogP contribution in [0.3, 0.4) is 0 Å². The van der Waals surface area contributed by atoms with Gasteiger partial charge >= 0.3 is 0 Å². The zero-order valence-electron chi connectivity index (χ0n) is 16.9. The second kappa shape index (κ2) is 7.06. The van der Waals surface area contributed by atoms with E-state index in [0.29, 0.717) is 23.1 Å². The quantitative estimate of drug-likeness (QED) is 0.651. The van der Waals surface area contributed by atoms with E-state index in [-0.39, 0.29) is 29.4 Å². The molecule has 0 aliphatic carbocycles. The summed E-state index contributed by atoms with van der Waals surface area (Å²) in [6.45, 7) is 4.68. The zero-order valence-corrected chi connectivity index (χ0v) is 16.9. The standard InChI is InChI=1S/C24H22FNO4/c1-13-10-14(2)19-18(11-13)30-23-20(22(19)27)21(16-7-3-4-8-17(16)25)26(24(23)28)12-15-6-5-9-29-15/h3-4,7-8,10-11,15,21H,5-6,9,12H2,1-2H3. The lowest BCUT2D eigenvalue weighted by Gasteiger charge is -2.27. The molecular weight excluding hydrogens is 385 g/mol. The van der Waals surface area contributed by atoms with Crippen LogP contribution in [-0.2, 0) is 4.74 Å². The fourth-order valence-electron chi connectivity index (χ4n) is 4.73. The maximum absolute atomic E-state index is 14.8. The smallest absolute Gasteiger partial charge is 0.291 e. The van der Waals surface area contributed by atoms with Gasteiger partial charge in [-0.05, 0) is 49.9 Å². The van der Waals surface area contributed by atoms with Crippen molar-refractivity contribution < 1.29 is 18.3 Å². The van der Waals surface area contributed by atoms with Crippen LogP contribution in [0.1, 0.15) is 51.7 Å². The molecule has 3 aromatic rings. The lowest BCUT2D eigenvalue weighted by molar-refractivity contribution is 0.0483. The van der Waals surface area contributed by atoms with Gasteiger partial charge in [0.1, 0.15) is 11.4 Å². The first-order valence-electron chi connectivity index (χ1n) is 10.2. The molecule has 0 N–H and O–H groups in total. The fraction of sp³-hybridized carbons (Fsp3) is 0.333. The van der Waals surface area contributed by atoms with Gasteiger partial charge in [-0.2, -0.15) is 0 Å². The Balaban J connectivity index is 1.76. The SMILES string of the molecule is Cc1cc(C)c2c(=O)c3c(oc2c1)C(=O)N(CC1CCCO1)C3c1ccccc1F. The molecule has 1 fully saturated rings. The van der Waals surface area contributed by atoms with Crippen molar-refractivity contribution in [3.63, 3.8) is 0 Å². The Kier molecular flexibility index (Phi) is 4.47. The molecule has 2 unspecified atom stereocenters. The van der Waals surface area contributed by atoms with Crippen molar-refractivity contribution in [2.45, 2.75) is 38.8 Å². The van der Waals surface area contributed by atoms with E-state index in [4.69, 9.17) is 9.15 Å². The summed E-state index contributed by atoms with van der Waals surface area (Å²) < 4.78 is 26.5. The second-order valence-electron chi connectivity index (χ2n) is 8.15. The van der Waals surface area contributed by atoms with Crippen molar-refractivity contribution in [1.29, 1.82) is 0 Å². The van der Waals surface area contributed by atoms with Gasteiger partial charge in [0.15, 0.2) is 5.43 Å². The number of aryl methyl sites for hydroxylation is 2. The molecule has 1 saturated heterocycles. The molecule has 2 aliphatic rings. The maximum Gasteiger partial charge on any atom is 0.291 e. The minimum absolute atomic E-state index is 0.00347. The van der Waals surface area contributed by atoms with Gasteiger partial charge in [-0.25, -0.2) is 4.39 Å². The predicted octanol–water partition coefficient (Wildman–Crippen LogP) is 4.27. The van der Waals surface area contributed by atoms with Crippen molar-refractivity contribution in [3.05, 3.63) is 80.5 Å². The van der Waals surface area contributed by atoms with Crippen LogP contribution in [0, 0.1) is 19.7 Å². The molecule has 1 amide bonds. The summed E-state index contributed by atoms with van der Waals surface area (Å²) in [5.74, 6) is -0.851. The molecule has 6 heteroatoms. The third kappa shape index (κ3) is 2.86. The van der Waals surface area contributed by atoms with E-state index in [0.717, 1.165) is 24.0 Å². The molecule has 30 heavy (non-hydrogen) atoms. The molecule has 3 heterocycles. The summed E-state index contributed by atoms with van der Waals surface area (Å²) in [5.41, 5.74) is 2.33. The van der Waals surface area contributed by atoms with Crippen molar-refractivity contribution in [2.24, 2.45) is 0 Å². The highest BCUT2D eigenvalue weighted by molar-refractivity contribution is 5.99. The Labute approximate surface area is 173 Å². The lowest BCUT2D eigenvalue weighted by atomic mass is 9.96. The van der Waals surface area contributed by atoms with Gasteiger partial charge in [0, 0.05) is 18.7 Å². The van der Waals surface area contributed by atoms with Crippen LogP contribution in [0.2, 0.25) is 0 Å². The molecule has 2 atom stereocenters. The van der Waals surface area contributed by atoms with Crippen LogP contribution in [-0.4, -0.2) is 30.1 Å². The summed E-state index contributed by atoms with van der Waals surface area (Å²) in [6.07, 6.45) is 1.61. The second-order valence-corrected chi connectivity index (χ2v) is 8.15. The molecule has 0 saturated carbocycles. The van der Waals surface area contributed by atoms with Crippen LogP contribution >= 0.6 is 0 Å². The van der Waals surface area contributed by atoms with Crippen molar-refractivity contribution in [1.82, 2.24) is 4.90 Å². The van der Waals surface area contributed by atoms with Gasteiger partial charge in [-0.3, -0.25) is 9.59 Å². The summed E-state index contributed by atoms with van der Waals surface area (Å²) in [6, 6.07) is 9.11. The third-order valence-corrected chi connectivity index (χ3v) is 6.04. The highest BCUT2D eigenvalue weighted by atomic mass is 19.1. The van der Waals surface area contributed by atoms with Crippen molar-refractivity contribution in [3.8, 4) is 0 Å². The van der Waals surface area contributed by atoms with Crippen LogP contribution in [0.4, 0.5) is 4.39 Å². The number of ether oxygens (including phenoxy) is 1. The molecule has 154 valence electrons. The van der Waals surface area contributed by atoms with Crippen LogP contribution in [0.25, 0.3) is 11.0 Å². The molecule has 0 radical (unpaired) electrons. The Bertz CT molecular complexity index is 1230.